The van der Waals surface area contributed by atoms with E-state index in [2.05, 4.69) is 20.6 Å². The molecule has 0 aliphatic rings. The van der Waals surface area contributed by atoms with E-state index >= 15 is 0 Å². The summed E-state index contributed by atoms with van der Waals surface area (Å²) in [5.41, 5.74) is 6.59. The van der Waals surface area contributed by atoms with Gasteiger partial charge in [-0.05, 0) is 51.0 Å². The average Bonchev–Trinajstić information content (AvgIpc) is 2.60. The van der Waals surface area contributed by atoms with Crippen molar-refractivity contribution in [3.63, 3.8) is 0 Å². The molecule has 1 heterocycles. The third-order valence-electron chi connectivity index (χ3n) is 4.14. The van der Waals surface area contributed by atoms with E-state index in [1.165, 1.54) is 23.5 Å². The number of nitrogens with one attached hydrogen (secondary N) is 2. The summed E-state index contributed by atoms with van der Waals surface area (Å²) in [5.74, 6) is 0.232. The maximum Gasteiger partial charge on any atom is 0.258 e. The molecule has 5 heteroatoms. The molecule has 0 fully saturated rings. The van der Waals surface area contributed by atoms with Crippen LogP contribution < -0.4 is 10.6 Å². The topological polar surface area (TPSA) is 66.9 Å². The van der Waals surface area contributed by atoms with Gasteiger partial charge < -0.3 is 10.6 Å². The Kier molecular flexibility index (Phi) is 4.98. The van der Waals surface area contributed by atoms with Crippen LogP contribution >= 0.6 is 0 Å². The van der Waals surface area contributed by atoms with Crippen molar-refractivity contribution in [2.24, 2.45) is 0 Å². The van der Waals surface area contributed by atoms with Crippen LogP contribution in [0, 0.1) is 27.7 Å². The number of nitrogens with zero attached hydrogens (tertiary/aromatic N) is 2. The molecule has 3 aromatic rings. The number of anilines is 3. The van der Waals surface area contributed by atoms with Gasteiger partial charge >= 0.3 is 0 Å². The number of rotatable bonds is 4. The molecular weight excluding hydrogens is 324 g/mol. The minimum absolute atomic E-state index is 0.220. The van der Waals surface area contributed by atoms with Gasteiger partial charge in [0, 0.05) is 23.8 Å². The van der Waals surface area contributed by atoms with Crippen molar-refractivity contribution < 1.29 is 4.79 Å². The Bertz CT molecular complexity index is 908. The monoisotopic (exact) mass is 346 g/mol. The maximum atomic E-state index is 12.5. The fourth-order valence-corrected chi connectivity index (χ4v) is 2.84. The van der Waals surface area contributed by atoms with Crippen LogP contribution in [0.15, 0.2) is 48.8 Å². The van der Waals surface area contributed by atoms with Crippen molar-refractivity contribution in [3.05, 3.63) is 76.6 Å². The largest absolute Gasteiger partial charge is 0.324 e. The lowest BCUT2D eigenvalue weighted by Gasteiger charge is -2.13. The van der Waals surface area contributed by atoms with Crippen LogP contribution in [0.2, 0.25) is 0 Å². The number of aryl methyl sites for hydroxylation is 4. The van der Waals surface area contributed by atoms with Crippen molar-refractivity contribution in [1.29, 1.82) is 0 Å². The summed E-state index contributed by atoms with van der Waals surface area (Å²) in [6.07, 6.45) is 3.05. The van der Waals surface area contributed by atoms with Crippen molar-refractivity contribution >= 4 is 23.2 Å². The number of hydrogen-bond donors (Lipinski definition) is 2. The Labute approximate surface area is 153 Å². The first-order chi connectivity index (χ1) is 12.4. The average molecular weight is 346 g/mol. The molecule has 5 nitrogen and oxygen atoms in total. The second kappa shape index (κ2) is 7.35. The predicted molar refractivity (Wildman–Crippen MR) is 105 cm³/mol. The first kappa shape index (κ1) is 17.6. The van der Waals surface area contributed by atoms with Gasteiger partial charge in [0.15, 0.2) is 0 Å². The Morgan fingerprint density at radius 2 is 1.42 bits per heavy atom. The van der Waals surface area contributed by atoms with Gasteiger partial charge in [0.05, 0.1) is 5.56 Å². The van der Waals surface area contributed by atoms with Crippen molar-refractivity contribution in [2.45, 2.75) is 27.7 Å². The smallest absolute Gasteiger partial charge is 0.258 e. The van der Waals surface area contributed by atoms with Gasteiger partial charge in [0.1, 0.15) is 0 Å². The molecule has 0 spiro atoms. The molecule has 2 N–H and O–H groups in total. The first-order valence-electron chi connectivity index (χ1n) is 8.47. The normalized spacial score (nSPS) is 10.5. The summed E-state index contributed by atoms with van der Waals surface area (Å²) >= 11 is 0. The summed E-state index contributed by atoms with van der Waals surface area (Å²) in [6.45, 7) is 8.05. The lowest BCUT2D eigenvalue weighted by molar-refractivity contribution is 0.102. The maximum absolute atomic E-state index is 12.5. The Morgan fingerprint density at radius 1 is 0.846 bits per heavy atom. The molecule has 2 aromatic carbocycles. The first-order valence-corrected chi connectivity index (χ1v) is 8.47. The van der Waals surface area contributed by atoms with Crippen LogP contribution in [-0.2, 0) is 0 Å². The van der Waals surface area contributed by atoms with Gasteiger partial charge in [-0.1, -0.05) is 35.4 Å². The molecule has 1 aromatic heterocycles. The van der Waals surface area contributed by atoms with E-state index in [-0.39, 0.29) is 5.91 Å². The quantitative estimate of drug-likeness (QED) is 0.718. The van der Waals surface area contributed by atoms with Crippen LogP contribution in [0.5, 0.6) is 0 Å². The summed E-state index contributed by atoms with van der Waals surface area (Å²) in [6, 6.07) is 12.0. The van der Waals surface area contributed by atoms with E-state index in [0.29, 0.717) is 11.5 Å². The van der Waals surface area contributed by atoms with Gasteiger partial charge in [-0.15, -0.1) is 0 Å². The van der Waals surface area contributed by atoms with Gasteiger partial charge in [-0.3, -0.25) is 4.79 Å². The van der Waals surface area contributed by atoms with Crippen molar-refractivity contribution in [1.82, 2.24) is 9.97 Å². The molecular formula is C21H22N4O. The fourth-order valence-electron chi connectivity index (χ4n) is 2.84. The summed E-state index contributed by atoms with van der Waals surface area (Å²) in [5, 5.41) is 6.08. The zero-order valence-corrected chi connectivity index (χ0v) is 15.4. The molecule has 0 bridgehead atoms. The van der Waals surface area contributed by atoms with Crippen LogP contribution in [0.1, 0.15) is 32.6 Å². The predicted octanol–water partition coefficient (Wildman–Crippen LogP) is 4.71. The van der Waals surface area contributed by atoms with Crippen LogP contribution in [-0.4, -0.2) is 15.9 Å². The molecule has 132 valence electrons. The van der Waals surface area contributed by atoms with E-state index < -0.39 is 0 Å². The summed E-state index contributed by atoms with van der Waals surface area (Å²) in [4.78, 5) is 21.0. The molecule has 0 saturated carbocycles. The SMILES string of the molecule is Cc1ccc(Nc2ncc(C(=O)Nc3c(C)cc(C)cc3C)cn2)cc1. The van der Waals surface area contributed by atoms with Crippen LogP contribution in [0.4, 0.5) is 17.3 Å². The van der Waals surface area contributed by atoms with Crippen LogP contribution in [0.3, 0.4) is 0 Å². The molecule has 0 saturated heterocycles. The zero-order chi connectivity index (χ0) is 18.7. The molecule has 0 aliphatic heterocycles. The lowest BCUT2D eigenvalue weighted by atomic mass is 10.0. The minimum atomic E-state index is -0.220. The molecule has 0 unspecified atom stereocenters. The minimum Gasteiger partial charge on any atom is -0.324 e. The van der Waals surface area contributed by atoms with E-state index in [1.54, 1.807) is 0 Å². The van der Waals surface area contributed by atoms with E-state index in [9.17, 15) is 4.79 Å². The van der Waals surface area contributed by atoms with Gasteiger partial charge in [-0.25, -0.2) is 9.97 Å². The Hall–Kier alpha value is -3.21. The summed E-state index contributed by atoms with van der Waals surface area (Å²) in [7, 11) is 0. The number of aromatic nitrogens is 2. The van der Waals surface area contributed by atoms with E-state index in [1.807, 2.05) is 64.1 Å². The number of carbonyl (C=O) groups excluding carboxylic acids is 1. The molecule has 1 amide bonds. The number of hydrogen-bond acceptors (Lipinski definition) is 4. The highest BCUT2D eigenvalue weighted by molar-refractivity contribution is 6.04. The second-order valence-corrected chi connectivity index (χ2v) is 6.51. The second-order valence-electron chi connectivity index (χ2n) is 6.51. The third-order valence-corrected chi connectivity index (χ3v) is 4.14. The third kappa shape index (κ3) is 4.06. The summed E-state index contributed by atoms with van der Waals surface area (Å²) < 4.78 is 0. The van der Waals surface area contributed by atoms with Gasteiger partial charge in [-0.2, -0.15) is 0 Å². The van der Waals surface area contributed by atoms with Crippen molar-refractivity contribution in [3.8, 4) is 0 Å². The number of benzene rings is 2. The molecule has 0 radical (unpaired) electrons. The standard InChI is InChI=1S/C21H22N4O/c1-13-5-7-18(8-6-13)24-21-22-11-17(12-23-21)20(26)25-19-15(3)9-14(2)10-16(19)4/h5-12H,1-4H3,(H,25,26)(H,22,23,24). The zero-order valence-electron chi connectivity index (χ0n) is 15.4. The van der Waals surface area contributed by atoms with Gasteiger partial charge in [0.25, 0.3) is 5.91 Å². The highest BCUT2D eigenvalue weighted by Gasteiger charge is 2.11. The number of carbonyl (C=O) groups is 1. The fraction of sp³-hybridized carbons (Fsp3) is 0.190. The molecule has 0 atom stereocenters. The van der Waals surface area contributed by atoms with E-state index in [0.717, 1.165) is 22.5 Å². The highest BCUT2D eigenvalue weighted by Crippen LogP contribution is 2.22. The molecule has 0 aliphatic carbocycles. The van der Waals surface area contributed by atoms with Crippen molar-refractivity contribution in [2.75, 3.05) is 10.6 Å². The Balaban J connectivity index is 1.72. The van der Waals surface area contributed by atoms with Gasteiger partial charge in [0.2, 0.25) is 5.95 Å². The highest BCUT2D eigenvalue weighted by atomic mass is 16.1. The van der Waals surface area contributed by atoms with Crippen LogP contribution in [0.25, 0.3) is 0 Å². The lowest BCUT2D eigenvalue weighted by Crippen LogP contribution is -2.15. The molecule has 3 rings (SSSR count). The van der Waals surface area contributed by atoms with E-state index in [4.69, 9.17) is 0 Å². The number of amides is 1. The molecule has 26 heavy (non-hydrogen) atoms. The Morgan fingerprint density at radius 3 is 2.00 bits per heavy atom.